The highest BCUT2D eigenvalue weighted by Gasteiger charge is 2.21. The number of aromatic nitrogens is 1. The van der Waals surface area contributed by atoms with E-state index in [0.29, 0.717) is 22.3 Å². The molecule has 0 fully saturated rings. The van der Waals surface area contributed by atoms with Crippen LogP contribution < -0.4 is 24.9 Å². The van der Waals surface area contributed by atoms with Gasteiger partial charge in [0.15, 0.2) is 0 Å². The van der Waals surface area contributed by atoms with E-state index in [0.717, 1.165) is 5.56 Å². The zero-order chi connectivity index (χ0) is 23.0. The van der Waals surface area contributed by atoms with E-state index < -0.39 is 21.2 Å². The molecule has 32 heavy (non-hydrogen) atoms. The van der Waals surface area contributed by atoms with Gasteiger partial charge in [-0.2, -0.15) is 8.42 Å². The van der Waals surface area contributed by atoms with Crippen LogP contribution in [0.15, 0.2) is 75.1 Å². The van der Waals surface area contributed by atoms with Crippen molar-refractivity contribution in [2.24, 2.45) is 0 Å². The number of ether oxygens (including phenoxy) is 2. The first-order valence-electron chi connectivity index (χ1n) is 9.51. The lowest BCUT2D eigenvalue weighted by Gasteiger charge is -2.07. The summed E-state index contributed by atoms with van der Waals surface area (Å²) in [5, 5.41) is 0.975. The molecule has 4 aromatic rings. The van der Waals surface area contributed by atoms with Gasteiger partial charge in [0.2, 0.25) is 0 Å². The van der Waals surface area contributed by atoms with Crippen molar-refractivity contribution in [1.82, 2.24) is 4.73 Å². The molecule has 9 heteroatoms. The van der Waals surface area contributed by atoms with Crippen molar-refractivity contribution in [2.75, 3.05) is 14.2 Å². The Morgan fingerprint density at radius 3 is 1.59 bits per heavy atom. The number of hydrogen-bond donors (Lipinski definition) is 0. The Bertz CT molecular complexity index is 1490. The van der Waals surface area contributed by atoms with Gasteiger partial charge in [0, 0.05) is 0 Å². The standard InChI is InChI=1S/C23H19NO7S/c1-14-4-8-17(9-5-14)32(27,28)31-24-22(25)20-12-15(29-2)6-10-18(20)19-11-7-16(30-3)13-21(19)23(24)26/h4-13H,1-3H3. The van der Waals surface area contributed by atoms with E-state index in [1.807, 2.05) is 0 Å². The fourth-order valence-electron chi connectivity index (χ4n) is 3.35. The molecule has 0 aliphatic carbocycles. The average Bonchev–Trinajstić information content (AvgIpc) is 2.88. The van der Waals surface area contributed by atoms with Crippen LogP contribution in [0.1, 0.15) is 5.56 Å². The minimum atomic E-state index is -4.47. The predicted octanol–water partition coefficient (Wildman–Crippen LogP) is 2.66. The quantitative estimate of drug-likeness (QED) is 0.458. The highest BCUT2D eigenvalue weighted by molar-refractivity contribution is 7.87. The van der Waals surface area contributed by atoms with Gasteiger partial charge in [-0.25, -0.2) is 0 Å². The normalized spacial score (nSPS) is 11.5. The molecular weight excluding hydrogens is 434 g/mol. The molecule has 164 valence electrons. The molecule has 8 nitrogen and oxygen atoms in total. The van der Waals surface area contributed by atoms with E-state index in [-0.39, 0.29) is 20.4 Å². The molecule has 0 spiro atoms. The van der Waals surface area contributed by atoms with Crippen molar-refractivity contribution in [3.05, 3.63) is 86.9 Å². The second-order valence-electron chi connectivity index (χ2n) is 7.07. The lowest BCUT2D eigenvalue weighted by atomic mass is 10.1. The Balaban J connectivity index is 2.10. The third-order valence-electron chi connectivity index (χ3n) is 5.06. The summed E-state index contributed by atoms with van der Waals surface area (Å²) in [5.41, 5.74) is -1.03. The van der Waals surface area contributed by atoms with E-state index in [2.05, 4.69) is 0 Å². The van der Waals surface area contributed by atoms with Gasteiger partial charge in [-0.3, -0.25) is 13.9 Å². The van der Waals surface area contributed by atoms with Gasteiger partial charge >= 0.3 is 10.1 Å². The van der Waals surface area contributed by atoms with Gasteiger partial charge in [0.25, 0.3) is 11.1 Å². The molecule has 4 rings (SSSR count). The topological polar surface area (TPSA) is 101 Å². The number of methoxy groups -OCH3 is 2. The summed E-state index contributed by atoms with van der Waals surface area (Å²) in [5.74, 6) is 0.728. The molecule has 1 heterocycles. The van der Waals surface area contributed by atoms with Crippen LogP contribution >= 0.6 is 0 Å². The summed E-state index contributed by atoms with van der Waals surface area (Å²) >= 11 is 0. The minimum Gasteiger partial charge on any atom is -0.497 e. The summed E-state index contributed by atoms with van der Waals surface area (Å²) < 4.78 is 41.5. The van der Waals surface area contributed by atoms with Crippen LogP contribution in [0.2, 0.25) is 0 Å². The molecule has 0 aliphatic rings. The molecular formula is C23H19NO7S. The summed E-state index contributed by atoms with van der Waals surface area (Å²) in [6, 6.07) is 15.2. The van der Waals surface area contributed by atoms with Crippen LogP contribution in [0, 0.1) is 6.92 Å². The molecule has 0 atom stereocenters. The van der Waals surface area contributed by atoms with Gasteiger partial charge in [0.1, 0.15) is 16.4 Å². The number of aryl methyl sites for hydroxylation is 1. The first-order chi connectivity index (χ1) is 15.2. The van der Waals surface area contributed by atoms with Crippen LogP contribution in [0.3, 0.4) is 0 Å². The Labute approximate surface area is 183 Å². The minimum absolute atomic E-state index is 0.0562. The second-order valence-corrected chi connectivity index (χ2v) is 8.60. The van der Waals surface area contributed by atoms with E-state index in [1.54, 1.807) is 43.3 Å². The maximum atomic E-state index is 13.3. The van der Waals surface area contributed by atoms with Gasteiger partial charge in [-0.1, -0.05) is 22.4 Å². The van der Waals surface area contributed by atoms with Crippen molar-refractivity contribution in [1.29, 1.82) is 0 Å². The molecule has 0 unspecified atom stereocenters. The summed E-state index contributed by atoms with van der Waals surface area (Å²) in [7, 11) is -1.61. The van der Waals surface area contributed by atoms with Gasteiger partial charge in [-0.15, -0.1) is 0 Å². The largest absolute Gasteiger partial charge is 0.497 e. The van der Waals surface area contributed by atoms with Crippen molar-refractivity contribution in [3.63, 3.8) is 0 Å². The predicted molar refractivity (Wildman–Crippen MR) is 120 cm³/mol. The van der Waals surface area contributed by atoms with E-state index >= 15 is 0 Å². The molecule has 0 amide bonds. The molecule has 0 N–H and O–H groups in total. The van der Waals surface area contributed by atoms with Crippen LogP contribution in [0.25, 0.3) is 21.5 Å². The Morgan fingerprint density at radius 2 is 1.16 bits per heavy atom. The van der Waals surface area contributed by atoms with Gasteiger partial charge < -0.3 is 9.47 Å². The maximum Gasteiger partial charge on any atom is 0.357 e. The smallest absolute Gasteiger partial charge is 0.357 e. The Morgan fingerprint density at radius 1 is 0.688 bits per heavy atom. The Hall–Kier alpha value is -3.85. The van der Waals surface area contributed by atoms with Crippen LogP contribution in [-0.4, -0.2) is 27.4 Å². The number of rotatable bonds is 5. The first-order valence-corrected chi connectivity index (χ1v) is 10.9. The van der Waals surface area contributed by atoms with Crippen LogP contribution in [-0.2, 0) is 10.1 Å². The van der Waals surface area contributed by atoms with Crippen molar-refractivity contribution < 1.29 is 22.2 Å². The lowest BCUT2D eigenvalue weighted by Crippen LogP contribution is -2.38. The van der Waals surface area contributed by atoms with Crippen LogP contribution in [0.4, 0.5) is 0 Å². The molecule has 0 bridgehead atoms. The van der Waals surface area contributed by atoms with E-state index in [9.17, 15) is 18.0 Å². The molecule has 1 aromatic heterocycles. The third-order valence-corrected chi connectivity index (χ3v) is 6.25. The summed E-state index contributed by atoms with van der Waals surface area (Å²) in [6.45, 7) is 1.80. The van der Waals surface area contributed by atoms with Crippen LogP contribution in [0.5, 0.6) is 11.5 Å². The fourth-order valence-corrected chi connectivity index (χ4v) is 4.24. The maximum absolute atomic E-state index is 13.3. The molecule has 0 aliphatic heterocycles. The fraction of sp³-hybridized carbons (Fsp3) is 0.130. The third kappa shape index (κ3) is 3.67. The highest BCUT2D eigenvalue weighted by Crippen LogP contribution is 2.26. The Kier molecular flexibility index (Phi) is 5.35. The number of fused-ring (bicyclic) bond motifs is 3. The average molecular weight is 453 g/mol. The molecule has 0 saturated carbocycles. The highest BCUT2D eigenvalue weighted by atomic mass is 32.2. The summed E-state index contributed by atoms with van der Waals surface area (Å²) in [4.78, 5) is 26.5. The second kappa shape index (κ2) is 8.01. The number of hydrogen-bond acceptors (Lipinski definition) is 7. The summed E-state index contributed by atoms with van der Waals surface area (Å²) in [6.07, 6.45) is 0. The number of benzene rings is 3. The van der Waals surface area contributed by atoms with E-state index in [4.69, 9.17) is 13.8 Å². The zero-order valence-corrected chi connectivity index (χ0v) is 18.3. The first kappa shape index (κ1) is 21.4. The molecule has 3 aromatic carbocycles. The molecule has 0 radical (unpaired) electrons. The van der Waals surface area contributed by atoms with Crippen molar-refractivity contribution >= 4 is 31.7 Å². The van der Waals surface area contributed by atoms with Gasteiger partial charge in [0.05, 0.1) is 25.0 Å². The SMILES string of the molecule is COc1ccc2c(c1)c(=O)n(OS(=O)(=O)c1ccc(C)cc1)c(=O)c1cc(OC)ccc12. The van der Waals surface area contributed by atoms with Gasteiger partial charge in [-0.05, 0) is 66.2 Å². The molecule has 0 saturated heterocycles. The van der Waals surface area contributed by atoms with E-state index in [1.165, 1.54) is 38.5 Å². The monoisotopic (exact) mass is 453 g/mol. The zero-order valence-electron chi connectivity index (χ0n) is 17.5. The lowest BCUT2D eigenvalue weighted by molar-refractivity contribution is 0.261. The number of nitrogens with zero attached hydrogens (tertiary/aromatic N) is 1. The van der Waals surface area contributed by atoms with Crippen molar-refractivity contribution in [2.45, 2.75) is 11.8 Å². The van der Waals surface area contributed by atoms with Crippen molar-refractivity contribution in [3.8, 4) is 11.5 Å².